The van der Waals surface area contributed by atoms with Gasteiger partial charge in [-0.15, -0.1) is 0 Å². The SMILES string of the molecule is CCCCOc1ccccc1C(=O)Nc1cccc(NC(C)=O)c1. The molecule has 0 aliphatic heterocycles. The summed E-state index contributed by atoms with van der Waals surface area (Å²) in [5.74, 6) is 0.164. The Morgan fingerprint density at radius 2 is 1.71 bits per heavy atom. The smallest absolute Gasteiger partial charge is 0.259 e. The van der Waals surface area contributed by atoms with Crippen molar-refractivity contribution in [3.05, 3.63) is 54.1 Å². The molecule has 2 aromatic carbocycles. The highest BCUT2D eigenvalue weighted by atomic mass is 16.5. The standard InChI is InChI=1S/C19H22N2O3/c1-3-4-12-24-18-11-6-5-10-17(18)19(23)21-16-9-7-8-15(13-16)20-14(2)22/h5-11,13H,3-4,12H2,1-2H3,(H,20,22)(H,21,23). The lowest BCUT2D eigenvalue weighted by Gasteiger charge is -2.12. The van der Waals surface area contributed by atoms with Gasteiger partial charge in [0, 0.05) is 18.3 Å². The molecule has 2 rings (SSSR count). The van der Waals surface area contributed by atoms with Gasteiger partial charge in [-0.3, -0.25) is 9.59 Å². The summed E-state index contributed by atoms with van der Waals surface area (Å²) in [7, 11) is 0. The van der Waals surface area contributed by atoms with E-state index in [0.29, 0.717) is 29.3 Å². The molecule has 5 nitrogen and oxygen atoms in total. The molecule has 126 valence electrons. The van der Waals surface area contributed by atoms with Gasteiger partial charge in [0.05, 0.1) is 12.2 Å². The van der Waals surface area contributed by atoms with Crippen molar-refractivity contribution in [3.8, 4) is 5.75 Å². The van der Waals surface area contributed by atoms with Crippen LogP contribution in [0.4, 0.5) is 11.4 Å². The lowest BCUT2D eigenvalue weighted by atomic mass is 10.1. The molecule has 0 spiro atoms. The van der Waals surface area contributed by atoms with E-state index >= 15 is 0 Å². The number of ether oxygens (including phenoxy) is 1. The van der Waals surface area contributed by atoms with Gasteiger partial charge >= 0.3 is 0 Å². The van der Waals surface area contributed by atoms with Gasteiger partial charge in [0.1, 0.15) is 5.75 Å². The number of para-hydroxylation sites is 1. The Morgan fingerprint density at radius 3 is 2.42 bits per heavy atom. The number of carbonyl (C=O) groups excluding carboxylic acids is 2. The number of carbonyl (C=O) groups is 2. The molecule has 5 heteroatoms. The third kappa shape index (κ3) is 5.12. The molecule has 0 radical (unpaired) electrons. The molecule has 0 heterocycles. The van der Waals surface area contributed by atoms with Crippen molar-refractivity contribution in [1.82, 2.24) is 0 Å². The second-order valence-electron chi connectivity index (χ2n) is 5.41. The fourth-order valence-corrected chi connectivity index (χ4v) is 2.18. The van der Waals surface area contributed by atoms with Crippen molar-refractivity contribution in [2.24, 2.45) is 0 Å². The van der Waals surface area contributed by atoms with Crippen molar-refractivity contribution in [1.29, 1.82) is 0 Å². The maximum absolute atomic E-state index is 12.5. The van der Waals surface area contributed by atoms with E-state index in [4.69, 9.17) is 4.74 Å². The summed E-state index contributed by atoms with van der Waals surface area (Å²) in [5, 5.41) is 5.52. The summed E-state index contributed by atoms with van der Waals surface area (Å²) >= 11 is 0. The number of anilines is 2. The quantitative estimate of drug-likeness (QED) is 0.754. The third-order valence-corrected chi connectivity index (χ3v) is 3.33. The van der Waals surface area contributed by atoms with Gasteiger partial charge in [0.15, 0.2) is 0 Å². The van der Waals surface area contributed by atoms with Crippen LogP contribution in [-0.4, -0.2) is 18.4 Å². The Hall–Kier alpha value is -2.82. The molecule has 24 heavy (non-hydrogen) atoms. The van der Waals surface area contributed by atoms with Crippen LogP contribution in [0.25, 0.3) is 0 Å². The zero-order chi connectivity index (χ0) is 17.4. The molecule has 2 amide bonds. The molecule has 0 atom stereocenters. The first-order valence-corrected chi connectivity index (χ1v) is 8.01. The second kappa shape index (κ2) is 8.72. The van der Waals surface area contributed by atoms with Gasteiger partial charge < -0.3 is 15.4 Å². The molecule has 0 saturated heterocycles. The Labute approximate surface area is 142 Å². The van der Waals surface area contributed by atoms with Crippen LogP contribution in [0.15, 0.2) is 48.5 Å². The van der Waals surface area contributed by atoms with Gasteiger partial charge in [-0.1, -0.05) is 31.5 Å². The average Bonchev–Trinajstić information content (AvgIpc) is 2.55. The minimum atomic E-state index is -0.248. The van der Waals surface area contributed by atoms with Crippen LogP contribution >= 0.6 is 0 Å². The Bertz CT molecular complexity index is 713. The number of amides is 2. The molecule has 0 fully saturated rings. The topological polar surface area (TPSA) is 67.4 Å². The average molecular weight is 326 g/mol. The summed E-state index contributed by atoms with van der Waals surface area (Å²) in [6.07, 6.45) is 1.97. The fourth-order valence-electron chi connectivity index (χ4n) is 2.18. The Kier molecular flexibility index (Phi) is 6.37. The number of hydrogen-bond donors (Lipinski definition) is 2. The van der Waals surface area contributed by atoms with Gasteiger partial charge in [-0.2, -0.15) is 0 Å². The van der Waals surface area contributed by atoms with E-state index in [-0.39, 0.29) is 11.8 Å². The molecule has 0 unspecified atom stereocenters. The van der Waals surface area contributed by atoms with Gasteiger partial charge in [-0.25, -0.2) is 0 Å². The highest BCUT2D eigenvalue weighted by Crippen LogP contribution is 2.21. The summed E-state index contributed by atoms with van der Waals surface area (Å²) < 4.78 is 5.69. The number of unbranched alkanes of at least 4 members (excludes halogenated alkanes) is 1. The summed E-state index contributed by atoms with van der Waals surface area (Å²) in [6.45, 7) is 4.11. The molecule has 0 aliphatic carbocycles. The van der Waals surface area contributed by atoms with Crippen LogP contribution in [0.5, 0.6) is 5.75 Å². The first-order chi connectivity index (χ1) is 11.6. The number of benzene rings is 2. The number of hydrogen-bond acceptors (Lipinski definition) is 3. The lowest BCUT2D eigenvalue weighted by molar-refractivity contribution is -0.114. The van der Waals surface area contributed by atoms with Crippen molar-refractivity contribution >= 4 is 23.2 Å². The number of nitrogens with one attached hydrogen (secondary N) is 2. The zero-order valence-corrected chi connectivity index (χ0v) is 14.0. The summed E-state index contributed by atoms with van der Waals surface area (Å²) in [6, 6.07) is 14.2. The molecule has 2 aromatic rings. The van der Waals surface area contributed by atoms with Gasteiger partial charge in [0.2, 0.25) is 5.91 Å². The predicted octanol–water partition coefficient (Wildman–Crippen LogP) is 4.08. The summed E-state index contributed by atoms with van der Waals surface area (Å²) in [5.41, 5.74) is 1.72. The second-order valence-corrected chi connectivity index (χ2v) is 5.41. The normalized spacial score (nSPS) is 10.1. The van der Waals surface area contributed by atoms with Crippen molar-refractivity contribution in [2.75, 3.05) is 17.2 Å². The monoisotopic (exact) mass is 326 g/mol. The van der Waals surface area contributed by atoms with Crippen LogP contribution < -0.4 is 15.4 Å². The fraction of sp³-hybridized carbons (Fsp3) is 0.263. The van der Waals surface area contributed by atoms with E-state index in [1.807, 2.05) is 6.07 Å². The lowest BCUT2D eigenvalue weighted by Crippen LogP contribution is -2.14. The molecule has 0 aromatic heterocycles. The van der Waals surface area contributed by atoms with Crippen LogP contribution in [0.1, 0.15) is 37.0 Å². The largest absolute Gasteiger partial charge is 0.493 e. The van der Waals surface area contributed by atoms with E-state index in [9.17, 15) is 9.59 Å². The first-order valence-electron chi connectivity index (χ1n) is 8.01. The van der Waals surface area contributed by atoms with Crippen molar-refractivity contribution in [2.45, 2.75) is 26.7 Å². The van der Waals surface area contributed by atoms with Crippen LogP contribution in [0.3, 0.4) is 0 Å². The van der Waals surface area contributed by atoms with Gasteiger partial charge in [-0.05, 0) is 36.8 Å². The molecule has 0 aliphatic rings. The molecule has 2 N–H and O–H groups in total. The van der Waals surface area contributed by atoms with Crippen molar-refractivity contribution < 1.29 is 14.3 Å². The zero-order valence-electron chi connectivity index (χ0n) is 14.0. The van der Waals surface area contributed by atoms with Crippen molar-refractivity contribution in [3.63, 3.8) is 0 Å². The minimum Gasteiger partial charge on any atom is -0.493 e. The molecule has 0 bridgehead atoms. The highest BCUT2D eigenvalue weighted by molar-refractivity contribution is 6.06. The van der Waals surface area contributed by atoms with E-state index in [1.165, 1.54) is 6.92 Å². The molecule has 0 saturated carbocycles. The van der Waals surface area contributed by atoms with Gasteiger partial charge in [0.25, 0.3) is 5.91 Å². The highest BCUT2D eigenvalue weighted by Gasteiger charge is 2.12. The number of rotatable bonds is 7. The first kappa shape index (κ1) is 17.5. The Balaban J connectivity index is 2.11. The molecular formula is C19H22N2O3. The maximum atomic E-state index is 12.5. The summed E-state index contributed by atoms with van der Waals surface area (Å²) in [4.78, 5) is 23.6. The van der Waals surface area contributed by atoms with Crippen LogP contribution in [0.2, 0.25) is 0 Å². The predicted molar refractivity (Wildman–Crippen MR) is 95.5 cm³/mol. The van der Waals surface area contributed by atoms with E-state index in [1.54, 1.807) is 42.5 Å². The van der Waals surface area contributed by atoms with E-state index in [0.717, 1.165) is 12.8 Å². The van der Waals surface area contributed by atoms with Crippen LogP contribution in [0, 0.1) is 0 Å². The molecular weight excluding hydrogens is 304 g/mol. The van der Waals surface area contributed by atoms with E-state index in [2.05, 4.69) is 17.6 Å². The minimum absolute atomic E-state index is 0.159. The third-order valence-electron chi connectivity index (χ3n) is 3.33. The van der Waals surface area contributed by atoms with Crippen LogP contribution in [-0.2, 0) is 4.79 Å². The Morgan fingerprint density at radius 1 is 1.00 bits per heavy atom. The van der Waals surface area contributed by atoms with E-state index < -0.39 is 0 Å². The maximum Gasteiger partial charge on any atom is 0.259 e.